The summed E-state index contributed by atoms with van der Waals surface area (Å²) in [7, 11) is 2.40. The summed E-state index contributed by atoms with van der Waals surface area (Å²) in [6.07, 6.45) is 0. The molecule has 0 atom stereocenters. The molecule has 1 aliphatic heterocycles. The maximum absolute atomic E-state index is 12.4. The largest absolute Gasteiger partial charge is 0.466 e. The molecule has 1 aliphatic rings. The summed E-state index contributed by atoms with van der Waals surface area (Å²) in [6.45, 7) is -0.148. The molecule has 0 amide bonds. The van der Waals surface area contributed by atoms with Crippen LogP contribution in [0.3, 0.4) is 0 Å². The number of nitro groups is 1. The predicted octanol–water partition coefficient (Wildman–Crippen LogP) is 2.14. The second-order valence-electron chi connectivity index (χ2n) is 5.62. The summed E-state index contributed by atoms with van der Waals surface area (Å²) in [4.78, 5) is 36.8. The maximum Gasteiger partial charge on any atom is 0.355 e. The van der Waals surface area contributed by atoms with Crippen molar-refractivity contribution in [3.63, 3.8) is 0 Å². The third kappa shape index (κ3) is 3.20. The van der Waals surface area contributed by atoms with Gasteiger partial charge < -0.3 is 19.1 Å². The number of anilines is 1. The molecule has 140 valence electrons. The molecule has 0 radical (unpaired) electrons. The lowest BCUT2D eigenvalue weighted by Crippen LogP contribution is -2.38. The lowest BCUT2D eigenvalue weighted by Gasteiger charge is -2.32. The monoisotopic (exact) mass is 372 g/mol. The highest BCUT2D eigenvalue weighted by molar-refractivity contribution is 6.07. The van der Waals surface area contributed by atoms with E-state index in [9.17, 15) is 19.7 Å². The zero-order chi connectivity index (χ0) is 19.6. The van der Waals surface area contributed by atoms with Crippen molar-refractivity contribution >= 4 is 34.1 Å². The molecule has 27 heavy (non-hydrogen) atoms. The number of carbonyl (C=O) groups excluding carboxylic acids is 2. The molecule has 2 aromatic rings. The molecule has 9 nitrogen and oxygen atoms in total. The molecular weight excluding hydrogens is 356 g/mol. The summed E-state index contributed by atoms with van der Waals surface area (Å²) in [5, 5.41) is 12.3. The Morgan fingerprint density at radius 2 is 1.74 bits per heavy atom. The summed E-state index contributed by atoms with van der Waals surface area (Å²) in [5.41, 5.74) is 0.398. The smallest absolute Gasteiger partial charge is 0.355 e. The van der Waals surface area contributed by atoms with Crippen molar-refractivity contribution in [1.82, 2.24) is 0 Å². The van der Waals surface area contributed by atoms with Gasteiger partial charge in [-0.25, -0.2) is 9.59 Å². The highest BCUT2D eigenvalue weighted by Crippen LogP contribution is 2.36. The third-order valence-electron chi connectivity index (χ3n) is 4.20. The molecule has 3 rings (SSSR count). The Morgan fingerprint density at radius 1 is 1.07 bits per heavy atom. The molecule has 0 unspecified atom stereocenters. The van der Waals surface area contributed by atoms with E-state index < -0.39 is 16.9 Å². The maximum atomic E-state index is 12.4. The number of fused-ring (bicyclic) bond motifs is 1. The van der Waals surface area contributed by atoms with Crippen molar-refractivity contribution in [3.05, 3.63) is 57.8 Å². The molecule has 0 aliphatic carbocycles. The van der Waals surface area contributed by atoms with Crippen molar-refractivity contribution in [2.45, 2.75) is 0 Å². The Morgan fingerprint density at radius 3 is 2.37 bits per heavy atom. The first kappa shape index (κ1) is 18.3. The molecule has 1 heterocycles. The minimum atomic E-state index is -0.735. The van der Waals surface area contributed by atoms with Crippen LogP contribution in [0.5, 0.6) is 0 Å². The zero-order valence-corrected chi connectivity index (χ0v) is 14.6. The first-order valence-corrected chi connectivity index (χ1v) is 7.90. The first-order valence-electron chi connectivity index (χ1n) is 7.90. The SMILES string of the molecule is COC(=O)C1=C(C(=O)OC)N(c2ccc([N+](=O)[O-])c3ccccc23)COC1. The van der Waals surface area contributed by atoms with Crippen molar-refractivity contribution in [2.75, 3.05) is 32.5 Å². The van der Waals surface area contributed by atoms with E-state index in [0.717, 1.165) is 0 Å². The fourth-order valence-electron chi connectivity index (χ4n) is 3.00. The molecular formula is C18H16N2O7. The number of nitrogens with zero attached hydrogens (tertiary/aromatic N) is 2. The van der Waals surface area contributed by atoms with Crippen LogP contribution in [-0.2, 0) is 23.8 Å². The topological polar surface area (TPSA) is 108 Å². The van der Waals surface area contributed by atoms with Gasteiger partial charge in [-0.1, -0.05) is 18.2 Å². The Bertz CT molecular complexity index is 967. The predicted molar refractivity (Wildman–Crippen MR) is 95.0 cm³/mol. The Labute approximate surface area is 153 Å². The normalized spacial score (nSPS) is 14.2. The van der Waals surface area contributed by atoms with Crippen LogP contribution in [-0.4, -0.2) is 44.4 Å². The number of benzene rings is 2. The second kappa shape index (κ2) is 7.42. The quantitative estimate of drug-likeness (QED) is 0.456. The summed E-state index contributed by atoms with van der Waals surface area (Å²) < 4.78 is 15.0. The third-order valence-corrected chi connectivity index (χ3v) is 4.20. The van der Waals surface area contributed by atoms with E-state index in [0.29, 0.717) is 16.5 Å². The van der Waals surface area contributed by atoms with Gasteiger partial charge in [0.1, 0.15) is 12.4 Å². The van der Waals surface area contributed by atoms with E-state index in [1.807, 2.05) is 0 Å². The summed E-state index contributed by atoms with van der Waals surface area (Å²) in [6, 6.07) is 9.57. The molecule has 0 saturated carbocycles. The van der Waals surface area contributed by atoms with Crippen molar-refractivity contribution < 1.29 is 28.7 Å². The molecule has 0 aromatic heterocycles. The number of rotatable bonds is 4. The fourth-order valence-corrected chi connectivity index (χ4v) is 3.00. The van der Waals surface area contributed by atoms with Crippen LogP contribution in [0.1, 0.15) is 0 Å². The Kier molecular flexibility index (Phi) is 5.04. The van der Waals surface area contributed by atoms with Crippen LogP contribution >= 0.6 is 0 Å². The molecule has 0 spiro atoms. The number of carbonyl (C=O) groups is 2. The number of esters is 2. The van der Waals surface area contributed by atoms with Gasteiger partial charge in [0.25, 0.3) is 5.69 Å². The first-order chi connectivity index (χ1) is 13.0. The second-order valence-corrected chi connectivity index (χ2v) is 5.62. The number of ether oxygens (including phenoxy) is 3. The molecule has 0 saturated heterocycles. The minimum Gasteiger partial charge on any atom is -0.466 e. The van der Waals surface area contributed by atoms with E-state index in [-0.39, 0.29) is 30.3 Å². The van der Waals surface area contributed by atoms with Gasteiger partial charge in [-0.05, 0) is 12.1 Å². The van der Waals surface area contributed by atoms with Crippen LogP contribution in [0.4, 0.5) is 11.4 Å². The van der Waals surface area contributed by atoms with Gasteiger partial charge in [-0.15, -0.1) is 0 Å². The average molecular weight is 372 g/mol. The van der Waals surface area contributed by atoms with Crippen LogP contribution in [0.15, 0.2) is 47.7 Å². The highest BCUT2D eigenvalue weighted by atomic mass is 16.6. The molecule has 0 bridgehead atoms. The zero-order valence-electron chi connectivity index (χ0n) is 14.6. The van der Waals surface area contributed by atoms with Gasteiger partial charge in [-0.2, -0.15) is 0 Å². The van der Waals surface area contributed by atoms with E-state index in [1.165, 1.54) is 31.3 Å². The van der Waals surface area contributed by atoms with Gasteiger partial charge in [0.2, 0.25) is 0 Å². The van der Waals surface area contributed by atoms with Gasteiger partial charge in [0.15, 0.2) is 0 Å². The van der Waals surface area contributed by atoms with Crippen LogP contribution < -0.4 is 4.90 Å². The lowest BCUT2D eigenvalue weighted by molar-refractivity contribution is -0.383. The van der Waals surface area contributed by atoms with Crippen molar-refractivity contribution in [1.29, 1.82) is 0 Å². The van der Waals surface area contributed by atoms with E-state index in [4.69, 9.17) is 14.2 Å². The number of methoxy groups -OCH3 is 2. The van der Waals surface area contributed by atoms with E-state index in [1.54, 1.807) is 24.3 Å². The van der Waals surface area contributed by atoms with Crippen LogP contribution in [0, 0.1) is 10.1 Å². The number of hydrogen-bond acceptors (Lipinski definition) is 8. The lowest BCUT2D eigenvalue weighted by atomic mass is 10.0. The number of nitro benzene ring substituents is 1. The molecule has 2 aromatic carbocycles. The number of hydrogen-bond donors (Lipinski definition) is 0. The van der Waals surface area contributed by atoms with E-state index >= 15 is 0 Å². The highest BCUT2D eigenvalue weighted by Gasteiger charge is 2.33. The Balaban J connectivity index is 2.26. The van der Waals surface area contributed by atoms with Crippen molar-refractivity contribution in [2.24, 2.45) is 0 Å². The Hall–Kier alpha value is -3.46. The van der Waals surface area contributed by atoms with Gasteiger partial charge in [0, 0.05) is 11.5 Å². The standard InChI is InChI=1S/C18H16N2O7/c1-25-17(21)13-9-27-10-19(16(13)18(22)26-2)14-7-8-15(20(23)24)12-6-4-3-5-11(12)14/h3-8H,9-10H2,1-2H3. The molecule has 0 N–H and O–H groups in total. The summed E-state index contributed by atoms with van der Waals surface area (Å²) >= 11 is 0. The molecule has 0 fully saturated rings. The van der Waals surface area contributed by atoms with Crippen LogP contribution in [0.25, 0.3) is 10.8 Å². The summed E-state index contributed by atoms with van der Waals surface area (Å²) in [5.74, 6) is -1.45. The average Bonchev–Trinajstić information content (AvgIpc) is 2.71. The van der Waals surface area contributed by atoms with Gasteiger partial charge >= 0.3 is 11.9 Å². The van der Waals surface area contributed by atoms with Gasteiger partial charge in [0.05, 0.1) is 42.4 Å². The van der Waals surface area contributed by atoms with Crippen LogP contribution in [0.2, 0.25) is 0 Å². The van der Waals surface area contributed by atoms with E-state index in [2.05, 4.69) is 0 Å². The molecule has 9 heteroatoms. The fraction of sp³-hybridized carbons (Fsp3) is 0.222. The van der Waals surface area contributed by atoms with Gasteiger partial charge in [-0.3, -0.25) is 10.1 Å². The minimum absolute atomic E-state index is 0.0121. The number of non-ortho nitro benzene ring substituents is 1. The van der Waals surface area contributed by atoms with Crippen molar-refractivity contribution in [3.8, 4) is 0 Å².